The monoisotopic (exact) mass is 402 g/mol. The molecule has 1 saturated heterocycles. The van der Waals surface area contributed by atoms with Gasteiger partial charge in [0.15, 0.2) is 0 Å². The Morgan fingerprint density at radius 2 is 2.11 bits per heavy atom. The molecule has 2 fully saturated rings. The lowest BCUT2D eigenvalue weighted by atomic mass is 9.64. The van der Waals surface area contributed by atoms with Gasteiger partial charge in [-0.25, -0.2) is 4.79 Å². The van der Waals surface area contributed by atoms with Gasteiger partial charge >= 0.3 is 6.03 Å². The van der Waals surface area contributed by atoms with E-state index < -0.39 is 17.5 Å². The smallest absolute Gasteiger partial charge is 0.324 e. The fraction of sp³-hybridized carbons (Fsp3) is 0.500. The lowest BCUT2D eigenvalue weighted by Gasteiger charge is -2.43. The Morgan fingerprint density at radius 3 is 2.71 bits per heavy atom. The van der Waals surface area contributed by atoms with Gasteiger partial charge in [-0.15, -0.1) is 0 Å². The number of hydrogen-bond acceptors (Lipinski definition) is 4. The molecule has 3 rings (SSSR count). The van der Waals surface area contributed by atoms with Gasteiger partial charge in [-0.3, -0.25) is 14.5 Å². The highest BCUT2D eigenvalue weighted by atomic mass is 35.5. The van der Waals surface area contributed by atoms with E-state index in [1.54, 1.807) is 6.07 Å². The molecule has 2 aliphatic rings. The van der Waals surface area contributed by atoms with Crippen LogP contribution >= 0.6 is 11.6 Å². The molecule has 8 heteroatoms. The van der Waals surface area contributed by atoms with Gasteiger partial charge in [-0.1, -0.05) is 32.4 Å². The van der Waals surface area contributed by atoms with Crippen LogP contribution in [0, 0.1) is 22.7 Å². The molecule has 4 amide bonds. The number of hydrogen-bond donors (Lipinski definition) is 2. The van der Waals surface area contributed by atoms with E-state index in [9.17, 15) is 14.4 Å². The highest BCUT2D eigenvalue weighted by molar-refractivity contribution is 6.32. The Balaban J connectivity index is 1.71. The normalized spacial score (nSPS) is 26.1. The highest BCUT2D eigenvalue weighted by Gasteiger charge is 2.56. The minimum atomic E-state index is -0.934. The van der Waals surface area contributed by atoms with Crippen LogP contribution in [-0.2, 0) is 9.59 Å². The summed E-state index contributed by atoms with van der Waals surface area (Å²) in [5.74, 6) is -0.558. The molecule has 1 spiro atoms. The van der Waals surface area contributed by atoms with Crippen molar-refractivity contribution in [3.63, 3.8) is 0 Å². The number of amides is 4. The number of urea groups is 1. The van der Waals surface area contributed by atoms with E-state index in [0.717, 1.165) is 11.3 Å². The maximum atomic E-state index is 13.1. The van der Waals surface area contributed by atoms with E-state index in [1.807, 2.05) is 6.07 Å². The van der Waals surface area contributed by atoms with Crippen molar-refractivity contribution in [2.24, 2.45) is 11.3 Å². The first-order valence-corrected chi connectivity index (χ1v) is 9.57. The zero-order valence-corrected chi connectivity index (χ0v) is 16.9. The predicted octanol–water partition coefficient (Wildman–Crippen LogP) is 3.29. The number of carbonyl (C=O) groups is 3. The van der Waals surface area contributed by atoms with Crippen LogP contribution < -0.4 is 10.6 Å². The number of imide groups is 1. The van der Waals surface area contributed by atoms with E-state index in [1.165, 1.54) is 12.1 Å². The van der Waals surface area contributed by atoms with Crippen molar-refractivity contribution in [3.05, 3.63) is 28.8 Å². The average Bonchev–Trinajstić information content (AvgIpc) is 2.76. The fourth-order valence-corrected chi connectivity index (χ4v) is 4.90. The third-order valence-corrected chi connectivity index (χ3v) is 5.61. The molecule has 0 aromatic heterocycles. The molecule has 1 heterocycles. The Labute approximate surface area is 169 Å². The Bertz CT molecular complexity index is 892. The number of rotatable bonds is 3. The SMILES string of the molecule is C[C@@H]1CC(C)(C)C[C@@]2(C1)NC(=O)N(CC(=O)Nc1ccc(C#N)c(Cl)c1)C2=O. The average molecular weight is 403 g/mol. The van der Waals surface area contributed by atoms with Crippen LogP contribution in [0.15, 0.2) is 18.2 Å². The van der Waals surface area contributed by atoms with Crippen LogP contribution in [0.2, 0.25) is 5.02 Å². The zero-order chi connectivity index (χ0) is 20.7. The number of nitrogens with one attached hydrogen (secondary N) is 2. The summed E-state index contributed by atoms with van der Waals surface area (Å²) in [5, 5.41) is 14.6. The third-order valence-electron chi connectivity index (χ3n) is 5.30. The first kappa shape index (κ1) is 20.2. The van der Waals surface area contributed by atoms with Gasteiger partial charge < -0.3 is 10.6 Å². The fourth-order valence-electron chi connectivity index (χ4n) is 4.68. The summed E-state index contributed by atoms with van der Waals surface area (Å²) in [6.45, 7) is 5.88. The lowest BCUT2D eigenvalue weighted by Crippen LogP contribution is -2.54. The molecular formula is C20H23ClN4O3. The second-order valence-corrected chi connectivity index (χ2v) is 9.02. The van der Waals surface area contributed by atoms with Crippen molar-refractivity contribution in [2.75, 3.05) is 11.9 Å². The minimum absolute atomic E-state index is 0.0713. The molecule has 0 bridgehead atoms. The first-order chi connectivity index (χ1) is 13.0. The molecule has 2 atom stereocenters. The molecule has 148 valence electrons. The topological polar surface area (TPSA) is 102 Å². The van der Waals surface area contributed by atoms with Crippen molar-refractivity contribution in [1.29, 1.82) is 5.26 Å². The number of nitrogens with zero attached hydrogens (tertiary/aromatic N) is 2. The van der Waals surface area contributed by atoms with Crippen LogP contribution in [0.5, 0.6) is 0 Å². The minimum Gasteiger partial charge on any atom is -0.324 e. The molecule has 1 aliphatic carbocycles. The summed E-state index contributed by atoms with van der Waals surface area (Å²) in [7, 11) is 0. The van der Waals surface area contributed by atoms with Gasteiger partial charge in [0.2, 0.25) is 5.91 Å². The Hall–Kier alpha value is -2.59. The second-order valence-electron chi connectivity index (χ2n) is 8.61. The molecule has 0 unspecified atom stereocenters. The quantitative estimate of drug-likeness (QED) is 0.757. The van der Waals surface area contributed by atoms with Crippen molar-refractivity contribution in [1.82, 2.24) is 10.2 Å². The maximum Gasteiger partial charge on any atom is 0.325 e. The predicted molar refractivity (Wildman–Crippen MR) is 105 cm³/mol. The zero-order valence-electron chi connectivity index (χ0n) is 16.1. The lowest BCUT2D eigenvalue weighted by molar-refractivity contribution is -0.136. The summed E-state index contributed by atoms with van der Waals surface area (Å²) >= 11 is 5.96. The van der Waals surface area contributed by atoms with Gasteiger partial charge in [0.1, 0.15) is 18.2 Å². The second kappa shape index (κ2) is 7.10. The highest BCUT2D eigenvalue weighted by Crippen LogP contribution is 2.46. The van der Waals surface area contributed by atoms with Gasteiger partial charge in [0.25, 0.3) is 5.91 Å². The van der Waals surface area contributed by atoms with Gasteiger partial charge in [-0.05, 0) is 48.8 Å². The maximum absolute atomic E-state index is 13.1. The molecule has 2 N–H and O–H groups in total. The molecule has 28 heavy (non-hydrogen) atoms. The van der Waals surface area contributed by atoms with Gasteiger partial charge in [0.05, 0.1) is 10.6 Å². The van der Waals surface area contributed by atoms with Crippen molar-refractivity contribution >= 4 is 35.1 Å². The van der Waals surface area contributed by atoms with Crippen LogP contribution in [0.1, 0.15) is 45.6 Å². The van der Waals surface area contributed by atoms with E-state index in [0.29, 0.717) is 30.0 Å². The van der Waals surface area contributed by atoms with Crippen molar-refractivity contribution in [3.8, 4) is 6.07 Å². The molecular weight excluding hydrogens is 380 g/mol. The number of carbonyl (C=O) groups excluding carboxylic acids is 3. The van der Waals surface area contributed by atoms with E-state index in [-0.39, 0.29) is 22.9 Å². The molecule has 1 aliphatic heterocycles. The van der Waals surface area contributed by atoms with E-state index in [4.69, 9.17) is 16.9 Å². The molecule has 1 aromatic carbocycles. The largest absolute Gasteiger partial charge is 0.325 e. The molecule has 7 nitrogen and oxygen atoms in total. The van der Waals surface area contributed by atoms with Crippen LogP contribution in [-0.4, -0.2) is 34.8 Å². The number of halogens is 1. The third kappa shape index (κ3) is 3.83. The van der Waals surface area contributed by atoms with Gasteiger partial charge in [-0.2, -0.15) is 5.26 Å². The summed E-state index contributed by atoms with van der Waals surface area (Å²) < 4.78 is 0. The standard InChI is InChI=1S/C20H23ClN4O3/c1-12-7-19(2,3)11-20(8-12)17(27)25(18(28)24-20)10-16(26)23-14-5-4-13(9-22)15(21)6-14/h4-6,12H,7-8,10-11H2,1-3H3,(H,23,26)(H,24,28)/t12-,20-/m1/s1. The van der Waals surface area contributed by atoms with E-state index in [2.05, 4.69) is 31.4 Å². The molecule has 1 saturated carbocycles. The molecule has 0 radical (unpaired) electrons. The van der Waals surface area contributed by atoms with Crippen molar-refractivity contribution in [2.45, 2.75) is 45.6 Å². The van der Waals surface area contributed by atoms with E-state index >= 15 is 0 Å². The van der Waals surface area contributed by atoms with Crippen LogP contribution in [0.4, 0.5) is 10.5 Å². The van der Waals surface area contributed by atoms with Crippen molar-refractivity contribution < 1.29 is 14.4 Å². The summed E-state index contributed by atoms with van der Waals surface area (Å²) in [5.41, 5.74) is -0.318. The number of benzene rings is 1. The first-order valence-electron chi connectivity index (χ1n) is 9.19. The Morgan fingerprint density at radius 1 is 1.39 bits per heavy atom. The summed E-state index contributed by atoms with van der Waals surface area (Å²) in [6, 6.07) is 5.89. The molecule has 1 aromatic rings. The number of nitriles is 1. The van der Waals surface area contributed by atoms with Gasteiger partial charge in [0, 0.05) is 5.69 Å². The van der Waals surface area contributed by atoms with Crippen LogP contribution in [0.3, 0.4) is 0 Å². The summed E-state index contributed by atoms with van der Waals surface area (Å²) in [4.78, 5) is 38.9. The van der Waals surface area contributed by atoms with Crippen LogP contribution in [0.25, 0.3) is 0 Å². The Kier molecular flexibility index (Phi) is 5.11. The number of anilines is 1. The summed E-state index contributed by atoms with van der Waals surface area (Å²) in [6.07, 6.45) is 2.11.